The van der Waals surface area contributed by atoms with Crippen molar-refractivity contribution >= 4 is 42.0 Å². The van der Waals surface area contributed by atoms with E-state index in [1.54, 1.807) is 0 Å². The van der Waals surface area contributed by atoms with Crippen molar-refractivity contribution < 1.29 is 24.6 Å². The van der Waals surface area contributed by atoms with Crippen LogP contribution in [0, 0.1) is 0 Å². The van der Waals surface area contributed by atoms with Crippen LogP contribution in [-0.2, 0) is 9.59 Å². The Balaban J connectivity index is -0.0000000325. The van der Waals surface area contributed by atoms with E-state index in [1.807, 2.05) is 0 Å². The minimum atomic E-state index is -0.833. The van der Waals surface area contributed by atoms with Crippen LogP contribution in [0.1, 0.15) is 0 Å². The standard InChI is InChI=1S/CH4N2O.2CH2O2.Mg/c2-1(3)4;2*2-1-3;/h(H4,2,3,4);2*1H,(H,2,3);/q;;;+2/p-2. The SMILES string of the molecule is NC(N)=O.O=C[O-].O=C[O-].[Mg+2]. The number of primary amides is 2. The van der Waals surface area contributed by atoms with E-state index < -0.39 is 19.0 Å². The van der Waals surface area contributed by atoms with Crippen LogP contribution in [0.5, 0.6) is 0 Å². The first-order valence-corrected chi connectivity index (χ1v) is 1.72. The fraction of sp³-hybridized carbons (Fsp3) is 0. The minimum absolute atomic E-state index is 0. The van der Waals surface area contributed by atoms with Crippen molar-refractivity contribution in [2.75, 3.05) is 0 Å². The molecule has 0 saturated carbocycles. The summed E-state index contributed by atoms with van der Waals surface area (Å²) in [6, 6.07) is -0.833. The van der Waals surface area contributed by atoms with Gasteiger partial charge in [-0.1, -0.05) is 0 Å². The molecule has 0 aromatic heterocycles. The second-order valence-corrected chi connectivity index (χ2v) is 0.595. The van der Waals surface area contributed by atoms with Gasteiger partial charge in [-0.05, 0) is 0 Å². The molecule has 0 aliphatic heterocycles. The number of urea groups is 1. The molecule has 0 spiro atoms. The van der Waals surface area contributed by atoms with Gasteiger partial charge in [0.15, 0.2) is 0 Å². The molecule has 0 rings (SSSR count). The van der Waals surface area contributed by atoms with Gasteiger partial charge in [0.1, 0.15) is 0 Å². The van der Waals surface area contributed by atoms with Crippen LogP contribution in [-0.4, -0.2) is 42.0 Å². The molecule has 7 nitrogen and oxygen atoms in total. The van der Waals surface area contributed by atoms with Gasteiger partial charge in [0.05, 0.1) is 0 Å². The Labute approximate surface area is 78.5 Å². The summed E-state index contributed by atoms with van der Waals surface area (Å²) in [7, 11) is 0. The fourth-order valence-electron chi connectivity index (χ4n) is 0. The molecule has 0 saturated heterocycles. The first-order chi connectivity index (χ1) is 4.56. The van der Waals surface area contributed by atoms with E-state index in [2.05, 4.69) is 11.5 Å². The minimum Gasteiger partial charge on any atom is -0.554 e. The molecule has 2 amide bonds. The van der Waals surface area contributed by atoms with Gasteiger partial charge >= 0.3 is 29.1 Å². The summed E-state index contributed by atoms with van der Waals surface area (Å²) in [5.74, 6) is 0. The molecular weight excluding hydrogens is 168 g/mol. The summed E-state index contributed by atoms with van der Waals surface area (Å²) in [5.41, 5.74) is 8.50. The van der Waals surface area contributed by atoms with Gasteiger partial charge < -0.3 is 31.3 Å². The van der Waals surface area contributed by atoms with Gasteiger partial charge in [-0.15, -0.1) is 0 Å². The summed E-state index contributed by atoms with van der Waals surface area (Å²) >= 11 is 0. The van der Waals surface area contributed by atoms with Gasteiger partial charge in [0.2, 0.25) is 0 Å². The molecule has 0 atom stereocenters. The Kier molecular flexibility index (Phi) is 73.9. The van der Waals surface area contributed by atoms with Gasteiger partial charge in [0.25, 0.3) is 0 Å². The number of amides is 2. The predicted octanol–water partition coefficient (Wildman–Crippen LogP) is -4.62. The molecule has 11 heavy (non-hydrogen) atoms. The quantitative estimate of drug-likeness (QED) is 0.280. The van der Waals surface area contributed by atoms with Crippen molar-refractivity contribution in [1.82, 2.24) is 0 Å². The topological polar surface area (TPSA) is 149 Å². The molecule has 0 aliphatic carbocycles. The van der Waals surface area contributed by atoms with E-state index in [-0.39, 0.29) is 23.1 Å². The molecule has 0 bridgehead atoms. The number of hydrogen-bond acceptors (Lipinski definition) is 5. The van der Waals surface area contributed by atoms with Crippen LogP contribution < -0.4 is 21.7 Å². The molecule has 0 radical (unpaired) electrons. The molecule has 0 heterocycles. The average molecular weight is 174 g/mol. The van der Waals surface area contributed by atoms with Crippen molar-refractivity contribution in [2.45, 2.75) is 0 Å². The van der Waals surface area contributed by atoms with Crippen molar-refractivity contribution in [3.05, 3.63) is 0 Å². The number of hydrogen-bond donors (Lipinski definition) is 2. The summed E-state index contributed by atoms with van der Waals surface area (Å²) in [5, 5.41) is 16.5. The van der Waals surface area contributed by atoms with Crippen molar-refractivity contribution in [3.63, 3.8) is 0 Å². The van der Waals surface area contributed by atoms with E-state index in [0.717, 1.165) is 0 Å². The van der Waals surface area contributed by atoms with E-state index in [1.165, 1.54) is 0 Å². The molecule has 4 N–H and O–H groups in total. The molecular formula is C3H6MgN2O5. The second-order valence-electron chi connectivity index (χ2n) is 0.595. The van der Waals surface area contributed by atoms with E-state index >= 15 is 0 Å². The van der Waals surface area contributed by atoms with Gasteiger partial charge in [-0.3, -0.25) is 0 Å². The van der Waals surface area contributed by atoms with Crippen LogP contribution in [0.2, 0.25) is 0 Å². The Hall–Kier alpha value is -1.02. The molecule has 8 heteroatoms. The second kappa shape index (κ2) is 36.1. The molecule has 0 aromatic rings. The predicted molar refractivity (Wildman–Crippen MR) is 31.7 cm³/mol. The normalized spacial score (nSPS) is 4.36. The number of carboxylic acid groups (broad SMARTS) is 2. The Morgan fingerprint density at radius 3 is 1.09 bits per heavy atom. The third-order valence-corrected chi connectivity index (χ3v) is 0. The molecule has 0 unspecified atom stereocenters. The smallest absolute Gasteiger partial charge is 0.554 e. The average Bonchev–Trinajstić information content (AvgIpc) is 1.65. The molecule has 0 fully saturated rings. The fourth-order valence-corrected chi connectivity index (χ4v) is 0. The monoisotopic (exact) mass is 174 g/mol. The molecule has 0 aromatic carbocycles. The number of nitrogens with two attached hydrogens (primary N) is 2. The Morgan fingerprint density at radius 2 is 1.09 bits per heavy atom. The summed E-state index contributed by atoms with van der Waals surface area (Å²) < 4.78 is 0. The number of rotatable bonds is 0. The summed E-state index contributed by atoms with van der Waals surface area (Å²) in [4.78, 5) is 25.5. The Morgan fingerprint density at radius 1 is 1.09 bits per heavy atom. The van der Waals surface area contributed by atoms with Gasteiger partial charge in [0, 0.05) is 12.9 Å². The summed E-state index contributed by atoms with van der Waals surface area (Å²) in [6.45, 7) is -1.00. The maximum atomic E-state index is 9.00. The van der Waals surface area contributed by atoms with Crippen LogP contribution in [0.25, 0.3) is 0 Å². The van der Waals surface area contributed by atoms with Crippen molar-refractivity contribution in [2.24, 2.45) is 11.5 Å². The third kappa shape index (κ3) is 417. The van der Waals surface area contributed by atoms with Crippen LogP contribution in [0.15, 0.2) is 0 Å². The Bertz CT molecular complexity index is 87.7. The zero-order chi connectivity index (χ0) is 8.99. The van der Waals surface area contributed by atoms with Crippen LogP contribution in [0.4, 0.5) is 4.79 Å². The molecule has 0 aliphatic rings. The maximum absolute atomic E-state index is 9.00. The van der Waals surface area contributed by atoms with Crippen molar-refractivity contribution in [1.29, 1.82) is 0 Å². The third-order valence-electron chi connectivity index (χ3n) is 0. The zero-order valence-electron chi connectivity index (χ0n) is 5.56. The van der Waals surface area contributed by atoms with Crippen molar-refractivity contribution in [3.8, 4) is 0 Å². The van der Waals surface area contributed by atoms with Crippen LogP contribution >= 0.6 is 0 Å². The number of carbonyl (C=O) groups is 3. The van der Waals surface area contributed by atoms with Gasteiger partial charge in [-0.25, -0.2) is 4.79 Å². The van der Waals surface area contributed by atoms with E-state index in [4.69, 9.17) is 24.6 Å². The maximum Gasteiger partial charge on any atom is 2.00 e. The van der Waals surface area contributed by atoms with Gasteiger partial charge in [-0.2, -0.15) is 0 Å². The molecule has 60 valence electrons. The first-order valence-electron chi connectivity index (χ1n) is 1.72. The zero-order valence-corrected chi connectivity index (χ0v) is 6.97. The first kappa shape index (κ1) is 22.5. The van der Waals surface area contributed by atoms with E-state index in [0.29, 0.717) is 0 Å². The largest absolute Gasteiger partial charge is 2.00 e. The summed E-state index contributed by atoms with van der Waals surface area (Å²) in [6.07, 6.45) is 0. The van der Waals surface area contributed by atoms with E-state index in [9.17, 15) is 0 Å². The number of carbonyl (C=O) groups excluding carboxylic acids is 3. The van der Waals surface area contributed by atoms with Crippen LogP contribution in [0.3, 0.4) is 0 Å².